The molecule has 7 nitrogen and oxygen atoms in total. The molecule has 1 aliphatic carbocycles. The van der Waals surface area contributed by atoms with Crippen molar-refractivity contribution in [1.29, 1.82) is 0 Å². The fraction of sp³-hybridized carbons (Fsp3) is 0.375. The van der Waals surface area contributed by atoms with Gasteiger partial charge in [0.05, 0.1) is 6.26 Å². The number of carbonyl (C=O) groups is 1. The smallest absolute Gasteiger partial charge is 0.348 e. The van der Waals surface area contributed by atoms with Crippen LogP contribution in [-0.4, -0.2) is 35.9 Å². The zero-order chi connectivity index (χ0) is 22.8. The predicted molar refractivity (Wildman–Crippen MR) is 122 cm³/mol. The van der Waals surface area contributed by atoms with Gasteiger partial charge in [0.2, 0.25) is 5.60 Å². The van der Waals surface area contributed by atoms with Crippen LogP contribution in [0.1, 0.15) is 37.7 Å². The quantitative estimate of drug-likeness (QED) is 0.479. The number of aliphatic carboxylic acids is 1. The van der Waals surface area contributed by atoms with Crippen molar-refractivity contribution in [2.45, 2.75) is 50.7 Å². The maximum absolute atomic E-state index is 11.7. The molecule has 1 N–H and O–H groups in total. The maximum atomic E-state index is 11.7. The first-order chi connectivity index (χ1) is 15.2. The van der Waals surface area contributed by atoms with Gasteiger partial charge in [0.25, 0.3) is 0 Å². The summed E-state index contributed by atoms with van der Waals surface area (Å²) in [5, 5.41) is 10.5. The second-order valence-electron chi connectivity index (χ2n) is 8.37. The average Bonchev–Trinajstić information content (AvgIpc) is 3.36. The molecule has 0 saturated heterocycles. The monoisotopic (exact) mass is 457 g/mol. The molecule has 3 aromatic rings. The Kier molecular flexibility index (Phi) is 6.15. The summed E-state index contributed by atoms with van der Waals surface area (Å²) in [5.41, 5.74) is 1.10. The van der Waals surface area contributed by atoms with Crippen molar-refractivity contribution in [3.63, 3.8) is 0 Å². The lowest BCUT2D eigenvalue weighted by atomic mass is 10.0. The molecule has 32 heavy (non-hydrogen) atoms. The number of benzene rings is 2. The second-order valence-corrected chi connectivity index (χ2v) is 9.95. The lowest BCUT2D eigenvalue weighted by molar-refractivity contribution is -0.154. The molecule has 1 aliphatic rings. The van der Waals surface area contributed by atoms with Gasteiger partial charge in [-0.1, -0.05) is 12.1 Å². The van der Waals surface area contributed by atoms with Gasteiger partial charge in [-0.25, -0.2) is 4.79 Å². The number of carboxylic acid groups (broad SMARTS) is 1. The van der Waals surface area contributed by atoms with Gasteiger partial charge in [0, 0.05) is 23.6 Å². The summed E-state index contributed by atoms with van der Waals surface area (Å²) in [4.78, 5) is 11.7. The van der Waals surface area contributed by atoms with Crippen molar-refractivity contribution < 1.29 is 27.2 Å². The van der Waals surface area contributed by atoms with Crippen LogP contribution < -0.4 is 8.92 Å². The van der Waals surface area contributed by atoms with Crippen LogP contribution >= 0.6 is 0 Å². The fourth-order valence-corrected chi connectivity index (χ4v) is 4.76. The molecule has 0 unspecified atom stereocenters. The molecule has 1 heterocycles. The van der Waals surface area contributed by atoms with Gasteiger partial charge in [-0.15, -0.1) is 0 Å². The molecular formula is C24H27NO6S. The number of rotatable bonds is 9. The van der Waals surface area contributed by atoms with Crippen molar-refractivity contribution in [2.75, 3.05) is 6.26 Å². The Labute approximate surface area is 187 Å². The topological polar surface area (TPSA) is 94.8 Å². The summed E-state index contributed by atoms with van der Waals surface area (Å²) >= 11 is 0. The third kappa shape index (κ3) is 5.07. The molecule has 0 bridgehead atoms. The molecule has 0 radical (unpaired) electrons. The zero-order valence-electron chi connectivity index (χ0n) is 18.0. The number of carboxylic acids is 1. The van der Waals surface area contributed by atoms with Gasteiger partial charge in [-0.05, 0) is 80.5 Å². The van der Waals surface area contributed by atoms with Crippen LogP contribution in [0.15, 0.2) is 54.7 Å². The molecule has 4 rings (SSSR count). The molecule has 170 valence electrons. The molecule has 8 heteroatoms. The van der Waals surface area contributed by atoms with Crippen molar-refractivity contribution >= 4 is 27.0 Å². The van der Waals surface area contributed by atoms with E-state index in [0.29, 0.717) is 24.3 Å². The number of ether oxygens (including phenoxy) is 1. The van der Waals surface area contributed by atoms with E-state index in [4.69, 9.17) is 8.92 Å². The van der Waals surface area contributed by atoms with Crippen LogP contribution in [0.2, 0.25) is 0 Å². The van der Waals surface area contributed by atoms with Crippen LogP contribution in [0.3, 0.4) is 0 Å². The van der Waals surface area contributed by atoms with Gasteiger partial charge in [-0.3, -0.25) is 0 Å². The van der Waals surface area contributed by atoms with Crippen molar-refractivity contribution in [3.8, 4) is 11.5 Å². The third-order valence-electron chi connectivity index (χ3n) is 5.89. The normalized spacial score (nSPS) is 15.7. The van der Waals surface area contributed by atoms with Crippen molar-refractivity contribution in [3.05, 3.63) is 60.3 Å². The molecule has 1 aromatic heterocycles. The van der Waals surface area contributed by atoms with E-state index in [9.17, 15) is 18.3 Å². The van der Waals surface area contributed by atoms with Crippen LogP contribution in [0.5, 0.6) is 11.5 Å². The minimum Gasteiger partial charge on any atom is -0.478 e. The van der Waals surface area contributed by atoms with Crippen LogP contribution in [0.25, 0.3) is 10.9 Å². The highest BCUT2D eigenvalue weighted by Gasteiger charge is 2.43. The minimum absolute atomic E-state index is 0.308. The summed E-state index contributed by atoms with van der Waals surface area (Å²) in [6.45, 7) is 0.816. The summed E-state index contributed by atoms with van der Waals surface area (Å²) in [5.74, 6) is 0.0249. The van der Waals surface area contributed by atoms with E-state index < -0.39 is 21.7 Å². The Bertz CT molecular complexity index is 1210. The Balaban J connectivity index is 1.34. The molecule has 0 atom stereocenters. The summed E-state index contributed by atoms with van der Waals surface area (Å²) in [6, 6.07) is 14.9. The van der Waals surface area contributed by atoms with Crippen molar-refractivity contribution in [1.82, 2.24) is 4.57 Å². The standard InChI is InChI=1S/C24H27NO6S/c1-32(28,29)31-21-10-11-22-19(17-21)12-16-25(22)15-4-5-18-6-8-20(9-7-18)30-24(23(26)27)13-2-3-14-24/h6-12,16-17H,2-5,13-15H2,1H3,(H,26,27). The molecule has 0 spiro atoms. The number of hydrogen-bond donors (Lipinski definition) is 1. The number of fused-ring (bicyclic) bond motifs is 1. The van der Waals surface area contributed by atoms with Gasteiger partial charge in [-0.2, -0.15) is 8.42 Å². The first-order valence-corrected chi connectivity index (χ1v) is 12.6. The number of aryl methyl sites for hydroxylation is 2. The van der Waals surface area contributed by atoms with Gasteiger partial charge < -0.3 is 18.6 Å². The highest BCUT2D eigenvalue weighted by molar-refractivity contribution is 7.86. The highest BCUT2D eigenvalue weighted by atomic mass is 32.2. The Hall–Kier alpha value is -3.00. The Morgan fingerprint density at radius 1 is 1.06 bits per heavy atom. The number of hydrogen-bond acceptors (Lipinski definition) is 5. The van der Waals surface area contributed by atoms with Crippen molar-refractivity contribution in [2.24, 2.45) is 0 Å². The number of nitrogens with zero attached hydrogens (tertiary/aromatic N) is 1. The Morgan fingerprint density at radius 2 is 1.75 bits per heavy atom. The lowest BCUT2D eigenvalue weighted by Crippen LogP contribution is -2.41. The van der Waals surface area contributed by atoms with Gasteiger partial charge >= 0.3 is 16.1 Å². The van der Waals surface area contributed by atoms with E-state index in [0.717, 1.165) is 55.0 Å². The largest absolute Gasteiger partial charge is 0.478 e. The molecule has 2 aromatic carbocycles. The lowest BCUT2D eigenvalue weighted by Gasteiger charge is -2.25. The Morgan fingerprint density at radius 3 is 2.41 bits per heavy atom. The maximum Gasteiger partial charge on any atom is 0.348 e. The van der Waals surface area contributed by atoms with E-state index in [2.05, 4.69) is 4.57 Å². The van der Waals surface area contributed by atoms with E-state index in [-0.39, 0.29) is 0 Å². The summed E-state index contributed by atoms with van der Waals surface area (Å²) in [7, 11) is -3.55. The SMILES string of the molecule is CS(=O)(=O)Oc1ccc2c(ccn2CCCc2ccc(OC3(C(=O)O)CCCC3)cc2)c1. The summed E-state index contributed by atoms with van der Waals surface area (Å²) in [6.07, 6.45) is 7.67. The molecule has 1 fully saturated rings. The molecule has 0 aliphatic heterocycles. The second kappa shape index (κ2) is 8.86. The predicted octanol–water partition coefficient (Wildman–Crippen LogP) is 4.39. The van der Waals surface area contributed by atoms with E-state index in [1.165, 1.54) is 0 Å². The average molecular weight is 458 g/mol. The zero-order valence-corrected chi connectivity index (χ0v) is 18.8. The molecular weight excluding hydrogens is 430 g/mol. The van der Waals surface area contributed by atoms with E-state index in [1.54, 1.807) is 12.1 Å². The third-order valence-corrected chi connectivity index (χ3v) is 6.39. The fourth-order valence-electron chi connectivity index (χ4n) is 4.31. The van der Waals surface area contributed by atoms with E-state index in [1.807, 2.05) is 42.6 Å². The highest BCUT2D eigenvalue weighted by Crippen LogP contribution is 2.35. The van der Waals surface area contributed by atoms with Crippen LogP contribution in [-0.2, 0) is 27.9 Å². The number of aromatic nitrogens is 1. The molecule has 0 amide bonds. The first kappa shape index (κ1) is 22.2. The molecule has 1 saturated carbocycles. The van der Waals surface area contributed by atoms with Crippen LogP contribution in [0, 0.1) is 0 Å². The van der Waals surface area contributed by atoms with Gasteiger partial charge in [0.1, 0.15) is 11.5 Å². The van der Waals surface area contributed by atoms with Gasteiger partial charge in [0.15, 0.2) is 0 Å². The minimum atomic E-state index is -3.55. The van der Waals surface area contributed by atoms with E-state index >= 15 is 0 Å². The first-order valence-electron chi connectivity index (χ1n) is 10.7. The van der Waals surface area contributed by atoms with Crippen LogP contribution in [0.4, 0.5) is 0 Å². The summed E-state index contributed by atoms with van der Waals surface area (Å²) < 4.78 is 35.6.